The first-order chi connectivity index (χ1) is 7.12. The lowest BCUT2D eigenvalue weighted by molar-refractivity contribution is 0.105. The summed E-state index contributed by atoms with van der Waals surface area (Å²) in [5, 5.41) is 11.3. The van der Waals surface area contributed by atoms with Crippen LogP contribution in [0.25, 0.3) is 0 Å². The van der Waals surface area contributed by atoms with Crippen LogP contribution in [0.1, 0.15) is 30.4 Å². The van der Waals surface area contributed by atoms with Crippen molar-refractivity contribution in [3.63, 3.8) is 0 Å². The molecule has 80 valence electrons. The zero-order chi connectivity index (χ0) is 10.6. The molecular weight excluding hydrogens is 208 g/mol. The number of hydrogen-bond acceptors (Lipinski definition) is 1. The second-order valence-corrected chi connectivity index (χ2v) is 5.42. The Morgan fingerprint density at radius 2 is 1.93 bits per heavy atom. The summed E-state index contributed by atoms with van der Waals surface area (Å²) in [7, 11) is 0. The fourth-order valence-electron chi connectivity index (χ4n) is 3.32. The van der Waals surface area contributed by atoms with Gasteiger partial charge in [0, 0.05) is 5.02 Å². The molecule has 0 aliphatic heterocycles. The summed E-state index contributed by atoms with van der Waals surface area (Å²) < 4.78 is 0. The van der Waals surface area contributed by atoms with Gasteiger partial charge in [-0.25, -0.2) is 0 Å². The average Bonchev–Trinajstić information content (AvgIpc) is 2.61. The fraction of sp³-hybridized carbons (Fsp3) is 0.538. The van der Waals surface area contributed by atoms with Crippen molar-refractivity contribution in [1.29, 1.82) is 0 Å². The fourth-order valence-corrected chi connectivity index (χ4v) is 3.61. The SMILES string of the molecule is Cc1cc(Cl)cc(C2(O)C3CCCC32)c1. The molecule has 2 heteroatoms. The Balaban J connectivity index is 2.00. The molecule has 1 N–H and O–H groups in total. The van der Waals surface area contributed by atoms with Gasteiger partial charge >= 0.3 is 0 Å². The molecule has 15 heavy (non-hydrogen) atoms. The third kappa shape index (κ3) is 1.26. The minimum atomic E-state index is -0.548. The molecule has 2 saturated carbocycles. The van der Waals surface area contributed by atoms with Gasteiger partial charge in [0.2, 0.25) is 0 Å². The van der Waals surface area contributed by atoms with Crippen LogP contribution in [0.5, 0.6) is 0 Å². The lowest BCUT2D eigenvalue weighted by Crippen LogP contribution is -2.13. The highest BCUT2D eigenvalue weighted by Crippen LogP contribution is 2.66. The van der Waals surface area contributed by atoms with Gasteiger partial charge in [0.1, 0.15) is 0 Å². The third-order valence-electron chi connectivity index (χ3n) is 4.04. The number of aryl methyl sites for hydroxylation is 1. The molecule has 1 aromatic rings. The molecule has 2 unspecified atom stereocenters. The molecular formula is C13H15ClO. The number of aliphatic hydroxyl groups is 1. The molecule has 2 fully saturated rings. The summed E-state index contributed by atoms with van der Waals surface area (Å²) in [6.07, 6.45) is 3.62. The molecule has 1 aromatic carbocycles. The second-order valence-electron chi connectivity index (χ2n) is 4.99. The van der Waals surface area contributed by atoms with Gasteiger partial charge in [0.15, 0.2) is 0 Å². The molecule has 2 aliphatic carbocycles. The van der Waals surface area contributed by atoms with E-state index in [0.717, 1.165) is 16.1 Å². The molecule has 0 heterocycles. The van der Waals surface area contributed by atoms with Crippen molar-refractivity contribution >= 4 is 11.6 Å². The van der Waals surface area contributed by atoms with Gasteiger partial charge in [-0.15, -0.1) is 0 Å². The first kappa shape index (κ1) is 9.68. The van der Waals surface area contributed by atoms with Crippen molar-refractivity contribution in [1.82, 2.24) is 0 Å². The molecule has 0 spiro atoms. The largest absolute Gasteiger partial charge is 0.385 e. The van der Waals surface area contributed by atoms with Gasteiger partial charge in [-0.05, 0) is 54.9 Å². The third-order valence-corrected chi connectivity index (χ3v) is 4.26. The Bertz CT molecular complexity index is 383. The Morgan fingerprint density at radius 1 is 1.27 bits per heavy atom. The van der Waals surface area contributed by atoms with Crippen LogP contribution in [-0.4, -0.2) is 5.11 Å². The summed E-state index contributed by atoms with van der Waals surface area (Å²) in [5.74, 6) is 0.991. The zero-order valence-corrected chi connectivity index (χ0v) is 9.59. The molecule has 2 aliphatic rings. The van der Waals surface area contributed by atoms with Crippen molar-refractivity contribution in [3.8, 4) is 0 Å². The predicted molar refractivity (Wildman–Crippen MR) is 60.9 cm³/mol. The van der Waals surface area contributed by atoms with Crippen LogP contribution in [0.4, 0.5) is 0 Å². The van der Waals surface area contributed by atoms with E-state index in [1.54, 1.807) is 0 Å². The lowest BCUT2D eigenvalue weighted by Gasteiger charge is -2.15. The normalized spacial score (nSPS) is 37.8. The molecule has 0 bridgehead atoms. The summed E-state index contributed by atoms with van der Waals surface area (Å²) >= 11 is 6.03. The van der Waals surface area contributed by atoms with Crippen LogP contribution >= 0.6 is 11.6 Å². The molecule has 0 radical (unpaired) electrons. The van der Waals surface area contributed by atoms with Crippen LogP contribution in [0, 0.1) is 18.8 Å². The Hall–Kier alpha value is -0.530. The highest BCUT2D eigenvalue weighted by Gasteiger charge is 2.66. The van der Waals surface area contributed by atoms with Crippen molar-refractivity contribution < 1.29 is 5.11 Å². The van der Waals surface area contributed by atoms with Crippen molar-refractivity contribution in [2.24, 2.45) is 11.8 Å². The van der Waals surface area contributed by atoms with E-state index in [4.69, 9.17) is 11.6 Å². The predicted octanol–water partition coefficient (Wildman–Crippen LogP) is 3.27. The van der Waals surface area contributed by atoms with Crippen LogP contribution < -0.4 is 0 Å². The number of halogens is 1. The van der Waals surface area contributed by atoms with Crippen LogP contribution in [0.15, 0.2) is 18.2 Å². The minimum absolute atomic E-state index is 0.496. The first-order valence-corrected chi connectivity index (χ1v) is 6.00. The van der Waals surface area contributed by atoms with E-state index in [1.807, 2.05) is 19.1 Å². The number of benzene rings is 1. The van der Waals surface area contributed by atoms with E-state index in [1.165, 1.54) is 19.3 Å². The minimum Gasteiger partial charge on any atom is -0.385 e. The summed E-state index contributed by atoms with van der Waals surface area (Å²) in [5.41, 5.74) is 1.62. The van der Waals surface area contributed by atoms with E-state index in [2.05, 4.69) is 6.07 Å². The molecule has 3 rings (SSSR count). The van der Waals surface area contributed by atoms with Gasteiger partial charge < -0.3 is 5.11 Å². The van der Waals surface area contributed by atoms with Gasteiger partial charge in [-0.3, -0.25) is 0 Å². The zero-order valence-electron chi connectivity index (χ0n) is 8.83. The molecule has 0 amide bonds. The molecule has 0 saturated heterocycles. The topological polar surface area (TPSA) is 20.2 Å². The standard InChI is InChI=1S/C13H15ClO/c1-8-5-9(7-10(14)6-8)13(15)11-3-2-4-12(11)13/h5-7,11-12,15H,2-4H2,1H3. The Labute approximate surface area is 95.1 Å². The lowest BCUT2D eigenvalue weighted by atomic mass is 9.98. The van der Waals surface area contributed by atoms with Crippen LogP contribution in [0.3, 0.4) is 0 Å². The molecule has 1 nitrogen and oxygen atoms in total. The second kappa shape index (κ2) is 2.99. The average molecular weight is 223 g/mol. The van der Waals surface area contributed by atoms with E-state index in [9.17, 15) is 5.11 Å². The molecule has 2 atom stereocenters. The number of fused-ring (bicyclic) bond motifs is 1. The number of rotatable bonds is 1. The van der Waals surface area contributed by atoms with Crippen LogP contribution in [0.2, 0.25) is 5.02 Å². The Morgan fingerprint density at radius 3 is 2.53 bits per heavy atom. The summed E-state index contributed by atoms with van der Waals surface area (Å²) in [4.78, 5) is 0. The van der Waals surface area contributed by atoms with Gasteiger partial charge in [-0.1, -0.05) is 24.1 Å². The van der Waals surface area contributed by atoms with Gasteiger partial charge in [0.25, 0.3) is 0 Å². The maximum Gasteiger partial charge on any atom is 0.0960 e. The first-order valence-electron chi connectivity index (χ1n) is 5.62. The maximum atomic E-state index is 10.6. The summed E-state index contributed by atoms with van der Waals surface area (Å²) in [6, 6.07) is 5.93. The van der Waals surface area contributed by atoms with E-state index < -0.39 is 5.60 Å². The smallest absolute Gasteiger partial charge is 0.0960 e. The maximum absolute atomic E-state index is 10.6. The number of hydrogen-bond donors (Lipinski definition) is 1. The van der Waals surface area contributed by atoms with Gasteiger partial charge in [0.05, 0.1) is 5.60 Å². The van der Waals surface area contributed by atoms with E-state index in [-0.39, 0.29) is 0 Å². The van der Waals surface area contributed by atoms with Gasteiger partial charge in [-0.2, -0.15) is 0 Å². The molecule has 0 aromatic heterocycles. The quantitative estimate of drug-likeness (QED) is 0.774. The highest BCUT2D eigenvalue weighted by molar-refractivity contribution is 6.30. The van der Waals surface area contributed by atoms with Crippen molar-refractivity contribution in [3.05, 3.63) is 34.3 Å². The van der Waals surface area contributed by atoms with E-state index in [0.29, 0.717) is 11.8 Å². The van der Waals surface area contributed by atoms with Crippen molar-refractivity contribution in [2.45, 2.75) is 31.8 Å². The van der Waals surface area contributed by atoms with E-state index >= 15 is 0 Å². The highest BCUT2D eigenvalue weighted by atomic mass is 35.5. The summed E-state index contributed by atoms with van der Waals surface area (Å²) in [6.45, 7) is 2.02. The Kier molecular flexibility index (Phi) is 1.93. The van der Waals surface area contributed by atoms with Crippen molar-refractivity contribution in [2.75, 3.05) is 0 Å². The monoisotopic (exact) mass is 222 g/mol. The van der Waals surface area contributed by atoms with Crippen LogP contribution in [-0.2, 0) is 5.60 Å².